The van der Waals surface area contributed by atoms with E-state index >= 15 is 0 Å². The first-order chi connectivity index (χ1) is 11.8. The van der Waals surface area contributed by atoms with Crippen LogP contribution in [0.4, 0.5) is 9.59 Å². The Morgan fingerprint density at radius 3 is 2.20 bits per heavy atom. The Labute approximate surface area is 148 Å². The maximum atomic E-state index is 12.5. The van der Waals surface area contributed by atoms with E-state index in [1.54, 1.807) is 4.90 Å². The number of piperazine rings is 1. The zero-order valence-electron chi connectivity index (χ0n) is 15.1. The van der Waals surface area contributed by atoms with E-state index in [0.29, 0.717) is 13.1 Å². The molecule has 1 aromatic carbocycles. The van der Waals surface area contributed by atoms with Crippen molar-refractivity contribution in [1.29, 1.82) is 0 Å². The Kier molecular flexibility index (Phi) is 4.88. The van der Waals surface area contributed by atoms with Crippen LogP contribution in [-0.4, -0.2) is 52.8 Å². The number of carbonyl (C=O) groups excluding carboxylic acids is 2. The predicted molar refractivity (Wildman–Crippen MR) is 93.1 cm³/mol. The topological polar surface area (TPSA) is 59.1 Å². The van der Waals surface area contributed by atoms with Crippen molar-refractivity contribution >= 4 is 12.2 Å². The van der Waals surface area contributed by atoms with Gasteiger partial charge in [0.1, 0.15) is 12.2 Å². The molecule has 6 nitrogen and oxygen atoms in total. The van der Waals surface area contributed by atoms with Gasteiger partial charge in [-0.25, -0.2) is 9.59 Å². The molecule has 0 aliphatic carbocycles. The number of amides is 2. The largest absolute Gasteiger partial charge is 0.445 e. The third-order valence-corrected chi connectivity index (χ3v) is 4.55. The summed E-state index contributed by atoms with van der Waals surface area (Å²) in [7, 11) is 0. The van der Waals surface area contributed by atoms with E-state index in [1.807, 2.05) is 56.0 Å². The van der Waals surface area contributed by atoms with Crippen molar-refractivity contribution < 1.29 is 19.1 Å². The van der Waals surface area contributed by atoms with Gasteiger partial charge >= 0.3 is 12.2 Å². The molecule has 2 saturated heterocycles. The van der Waals surface area contributed by atoms with Crippen molar-refractivity contribution in [1.82, 2.24) is 9.80 Å². The third kappa shape index (κ3) is 4.24. The molecule has 2 atom stereocenters. The SMILES string of the molecule is CC(C)(C)OC(=O)N1CC2CCC(C1)N2C(=O)OCc1ccccc1. The quantitative estimate of drug-likeness (QED) is 0.823. The van der Waals surface area contributed by atoms with Crippen LogP contribution in [0.5, 0.6) is 0 Å². The second kappa shape index (κ2) is 6.94. The standard InChI is InChI=1S/C19H26N2O4/c1-19(2,3)25-17(22)20-11-15-9-10-16(12-20)21(15)18(23)24-13-14-7-5-4-6-8-14/h4-8,15-16H,9-13H2,1-3H3. The highest BCUT2D eigenvalue weighted by Crippen LogP contribution is 2.31. The lowest BCUT2D eigenvalue weighted by Gasteiger charge is -2.40. The lowest BCUT2D eigenvalue weighted by atomic mass is 10.2. The summed E-state index contributed by atoms with van der Waals surface area (Å²) in [6, 6.07) is 9.66. The summed E-state index contributed by atoms with van der Waals surface area (Å²) >= 11 is 0. The fourth-order valence-electron chi connectivity index (χ4n) is 3.47. The van der Waals surface area contributed by atoms with Crippen LogP contribution in [0.3, 0.4) is 0 Å². The molecule has 3 rings (SSSR count). The Morgan fingerprint density at radius 2 is 1.64 bits per heavy atom. The molecule has 136 valence electrons. The summed E-state index contributed by atoms with van der Waals surface area (Å²) in [6.45, 7) is 6.85. The number of fused-ring (bicyclic) bond motifs is 2. The normalized spacial score (nSPS) is 22.7. The first-order valence-corrected chi connectivity index (χ1v) is 8.80. The molecular formula is C19H26N2O4. The Bertz CT molecular complexity index is 612. The van der Waals surface area contributed by atoms with Crippen molar-refractivity contribution in [2.24, 2.45) is 0 Å². The number of rotatable bonds is 2. The van der Waals surface area contributed by atoms with Gasteiger partial charge in [0.05, 0.1) is 12.1 Å². The number of hydrogen-bond acceptors (Lipinski definition) is 4. The molecule has 2 aliphatic heterocycles. The van der Waals surface area contributed by atoms with E-state index in [9.17, 15) is 9.59 Å². The zero-order chi connectivity index (χ0) is 18.0. The molecule has 2 heterocycles. The van der Waals surface area contributed by atoms with E-state index in [0.717, 1.165) is 18.4 Å². The van der Waals surface area contributed by atoms with Crippen molar-refractivity contribution in [2.45, 2.75) is 57.9 Å². The highest BCUT2D eigenvalue weighted by Gasteiger charge is 2.45. The second-order valence-corrected chi connectivity index (χ2v) is 7.72. The minimum absolute atomic E-state index is 0.00883. The molecule has 0 radical (unpaired) electrons. The first kappa shape index (κ1) is 17.6. The van der Waals surface area contributed by atoms with Crippen molar-refractivity contribution in [3.05, 3.63) is 35.9 Å². The molecule has 1 aromatic rings. The molecule has 0 aromatic heterocycles. The highest BCUT2D eigenvalue weighted by molar-refractivity contribution is 5.72. The summed E-state index contributed by atoms with van der Waals surface area (Å²) in [5, 5.41) is 0. The van der Waals surface area contributed by atoms with Crippen LogP contribution in [0, 0.1) is 0 Å². The molecule has 6 heteroatoms. The monoisotopic (exact) mass is 346 g/mol. The maximum absolute atomic E-state index is 12.5. The molecule has 0 saturated carbocycles. The number of hydrogen-bond donors (Lipinski definition) is 0. The molecule has 2 amide bonds. The lowest BCUT2D eigenvalue weighted by Crippen LogP contribution is -2.57. The number of nitrogens with zero attached hydrogens (tertiary/aromatic N) is 2. The highest BCUT2D eigenvalue weighted by atomic mass is 16.6. The minimum atomic E-state index is -0.512. The summed E-state index contributed by atoms with van der Waals surface area (Å²) < 4.78 is 10.9. The van der Waals surface area contributed by atoms with Gasteiger partial charge in [-0.15, -0.1) is 0 Å². The van der Waals surface area contributed by atoms with Crippen LogP contribution < -0.4 is 0 Å². The van der Waals surface area contributed by atoms with Gasteiger partial charge in [-0.3, -0.25) is 4.90 Å². The van der Waals surface area contributed by atoms with Gasteiger partial charge in [-0.2, -0.15) is 0 Å². The third-order valence-electron chi connectivity index (χ3n) is 4.55. The molecule has 0 spiro atoms. The van der Waals surface area contributed by atoms with Crippen molar-refractivity contribution in [3.8, 4) is 0 Å². The first-order valence-electron chi connectivity index (χ1n) is 8.80. The summed E-state index contributed by atoms with van der Waals surface area (Å²) in [6.07, 6.45) is 1.19. The number of ether oxygens (including phenoxy) is 2. The van der Waals surface area contributed by atoms with Gasteiger partial charge < -0.3 is 14.4 Å². The van der Waals surface area contributed by atoms with E-state index < -0.39 is 5.60 Å². The fourth-order valence-corrected chi connectivity index (χ4v) is 3.47. The maximum Gasteiger partial charge on any atom is 0.410 e. The van der Waals surface area contributed by atoms with E-state index in [-0.39, 0.29) is 30.9 Å². The molecule has 2 aliphatic rings. The van der Waals surface area contributed by atoms with Gasteiger partial charge in [-0.1, -0.05) is 30.3 Å². The van der Waals surface area contributed by atoms with Crippen LogP contribution in [0.25, 0.3) is 0 Å². The van der Waals surface area contributed by atoms with Crippen molar-refractivity contribution in [2.75, 3.05) is 13.1 Å². The van der Waals surface area contributed by atoms with Crippen molar-refractivity contribution in [3.63, 3.8) is 0 Å². The Balaban J connectivity index is 1.57. The zero-order valence-corrected chi connectivity index (χ0v) is 15.1. The summed E-state index contributed by atoms with van der Waals surface area (Å²) in [4.78, 5) is 28.3. The van der Waals surface area contributed by atoms with Crippen LogP contribution in [0.1, 0.15) is 39.2 Å². The second-order valence-electron chi connectivity index (χ2n) is 7.72. The average molecular weight is 346 g/mol. The van der Waals surface area contributed by atoms with Gasteiger partial charge in [0, 0.05) is 13.1 Å². The smallest absolute Gasteiger partial charge is 0.410 e. The van der Waals surface area contributed by atoms with Gasteiger partial charge in [0.25, 0.3) is 0 Å². The van der Waals surface area contributed by atoms with Crippen LogP contribution in [-0.2, 0) is 16.1 Å². The Hall–Kier alpha value is -2.24. The van der Waals surface area contributed by atoms with Crippen LogP contribution in [0.2, 0.25) is 0 Å². The van der Waals surface area contributed by atoms with Gasteiger partial charge in [0.2, 0.25) is 0 Å². The van der Waals surface area contributed by atoms with E-state index in [1.165, 1.54) is 0 Å². The number of likely N-dealkylation sites (tertiary alicyclic amines) is 1. The average Bonchev–Trinajstić information content (AvgIpc) is 2.82. The number of benzene rings is 1. The molecule has 2 bridgehead atoms. The number of carbonyl (C=O) groups is 2. The predicted octanol–water partition coefficient (Wildman–Crippen LogP) is 3.41. The van der Waals surface area contributed by atoms with Crippen LogP contribution in [0.15, 0.2) is 30.3 Å². The summed E-state index contributed by atoms with van der Waals surface area (Å²) in [5.41, 5.74) is 0.456. The molecule has 0 N–H and O–H groups in total. The van der Waals surface area contributed by atoms with Gasteiger partial charge in [-0.05, 0) is 39.2 Å². The molecule has 25 heavy (non-hydrogen) atoms. The molecular weight excluding hydrogens is 320 g/mol. The minimum Gasteiger partial charge on any atom is -0.445 e. The van der Waals surface area contributed by atoms with Crippen LogP contribution >= 0.6 is 0 Å². The fraction of sp³-hybridized carbons (Fsp3) is 0.579. The van der Waals surface area contributed by atoms with E-state index in [2.05, 4.69) is 0 Å². The molecule has 2 fully saturated rings. The lowest BCUT2D eigenvalue weighted by molar-refractivity contribution is -0.00116. The summed E-state index contributed by atoms with van der Waals surface area (Å²) in [5.74, 6) is 0. The van der Waals surface area contributed by atoms with E-state index in [4.69, 9.17) is 9.47 Å². The molecule has 2 unspecified atom stereocenters. The van der Waals surface area contributed by atoms with Gasteiger partial charge in [0.15, 0.2) is 0 Å². The Morgan fingerprint density at radius 1 is 1.04 bits per heavy atom.